The summed E-state index contributed by atoms with van der Waals surface area (Å²) in [6, 6.07) is 6.04. The first kappa shape index (κ1) is 17.5. The van der Waals surface area contributed by atoms with Crippen molar-refractivity contribution in [2.24, 2.45) is 0 Å². The molecule has 0 bridgehead atoms. The quantitative estimate of drug-likeness (QED) is 0.857. The Hall–Kier alpha value is -2.37. The second-order valence-corrected chi connectivity index (χ2v) is 6.75. The van der Waals surface area contributed by atoms with Crippen molar-refractivity contribution in [3.63, 3.8) is 0 Å². The van der Waals surface area contributed by atoms with E-state index in [1.54, 1.807) is 9.47 Å². The molecule has 0 fully saturated rings. The zero-order valence-electron chi connectivity index (χ0n) is 15.3. The lowest BCUT2D eigenvalue weighted by molar-refractivity contribution is -0.119. The maximum Gasteiger partial charge on any atom is 0.346 e. The number of aromatic nitrogens is 3. The van der Waals surface area contributed by atoms with Crippen molar-refractivity contribution < 1.29 is 4.79 Å². The molecular formula is C19H26N4O2. The minimum absolute atomic E-state index is 0.0139. The summed E-state index contributed by atoms with van der Waals surface area (Å²) in [7, 11) is 0. The summed E-state index contributed by atoms with van der Waals surface area (Å²) in [5.41, 5.74) is 2.95. The number of carbonyl (C=O) groups excluding carboxylic acids is 1. The zero-order chi connectivity index (χ0) is 18.0. The number of aryl methyl sites for hydroxylation is 3. The third-order valence-electron chi connectivity index (χ3n) is 4.83. The molecule has 1 aliphatic rings. The van der Waals surface area contributed by atoms with Gasteiger partial charge < -0.3 is 4.90 Å². The van der Waals surface area contributed by atoms with Gasteiger partial charge in [0.2, 0.25) is 5.91 Å². The van der Waals surface area contributed by atoms with Crippen LogP contribution in [0.5, 0.6) is 0 Å². The van der Waals surface area contributed by atoms with Crippen molar-refractivity contribution in [1.29, 1.82) is 0 Å². The molecule has 1 aromatic carbocycles. The minimum Gasteiger partial charge on any atom is -0.311 e. The van der Waals surface area contributed by atoms with E-state index in [0.29, 0.717) is 13.1 Å². The van der Waals surface area contributed by atoms with Crippen LogP contribution in [0.3, 0.4) is 0 Å². The number of likely N-dealkylation sites (N-methyl/N-ethyl adjacent to an activating group) is 1. The van der Waals surface area contributed by atoms with Crippen LogP contribution in [0, 0.1) is 13.8 Å². The molecule has 25 heavy (non-hydrogen) atoms. The van der Waals surface area contributed by atoms with Gasteiger partial charge in [-0.25, -0.2) is 9.48 Å². The molecule has 0 saturated heterocycles. The van der Waals surface area contributed by atoms with Gasteiger partial charge in [-0.15, -0.1) is 0 Å². The SMILES string of the molecule is CCN(C(=O)Cn1nc2n(c1=O)CCCCC2)c1ccc(C)cc1C. The molecule has 1 aromatic heterocycles. The normalized spacial score (nSPS) is 14.0. The Bertz CT molecular complexity index is 834. The number of hydrogen-bond acceptors (Lipinski definition) is 3. The molecule has 2 heterocycles. The Morgan fingerprint density at radius 3 is 2.76 bits per heavy atom. The third-order valence-corrected chi connectivity index (χ3v) is 4.83. The molecule has 0 aliphatic carbocycles. The van der Waals surface area contributed by atoms with E-state index in [4.69, 9.17) is 0 Å². The van der Waals surface area contributed by atoms with Crippen molar-refractivity contribution in [1.82, 2.24) is 14.3 Å². The predicted octanol–water partition coefficient (Wildman–Crippen LogP) is 2.44. The lowest BCUT2D eigenvalue weighted by atomic mass is 10.1. The second kappa shape index (κ2) is 7.25. The standard InChI is InChI=1S/C19H26N4O2/c1-4-21(16-10-9-14(2)12-15(16)3)18(24)13-23-19(25)22-11-7-5-6-8-17(22)20-23/h9-10,12H,4-8,11,13H2,1-3H3. The number of amides is 1. The topological polar surface area (TPSA) is 60.1 Å². The highest BCUT2D eigenvalue weighted by Crippen LogP contribution is 2.21. The van der Waals surface area contributed by atoms with Gasteiger partial charge in [0.25, 0.3) is 0 Å². The highest BCUT2D eigenvalue weighted by molar-refractivity contribution is 5.93. The van der Waals surface area contributed by atoms with Crippen LogP contribution < -0.4 is 10.6 Å². The molecule has 2 aromatic rings. The smallest absolute Gasteiger partial charge is 0.311 e. The molecule has 0 N–H and O–H groups in total. The number of rotatable bonds is 4. The lowest BCUT2D eigenvalue weighted by Crippen LogP contribution is -2.37. The van der Waals surface area contributed by atoms with E-state index in [9.17, 15) is 9.59 Å². The Kier molecular flexibility index (Phi) is 5.06. The molecule has 1 aliphatic heterocycles. The van der Waals surface area contributed by atoms with E-state index in [-0.39, 0.29) is 18.1 Å². The number of anilines is 1. The van der Waals surface area contributed by atoms with Crippen LogP contribution in [0.1, 0.15) is 43.1 Å². The number of benzene rings is 1. The molecule has 3 rings (SSSR count). The van der Waals surface area contributed by atoms with Crippen LogP contribution >= 0.6 is 0 Å². The van der Waals surface area contributed by atoms with Gasteiger partial charge in [0.05, 0.1) is 0 Å². The fourth-order valence-corrected chi connectivity index (χ4v) is 3.53. The van der Waals surface area contributed by atoms with E-state index in [0.717, 1.165) is 42.8 Å². The van der Waals surface area contributed by atoms with Crippen molar-refractivity contribution in [3.8, 4) is 0 Å². The molecule has 0 unspecified atom stereocenters. The van der Waals surface area contributed by atoms with E-state index in [1.165, 1.54) is 10.2 Å². The second-order valence-electron chi connectivity index (χ2n) is 6.75. The van der Waals surface area contributed by atoms with Crippen LogP contribution in [0.15, 0.2) is 23.0 Å². The molecule has 0 radical (unpaired) electrons. The van der Waals surface area contributed by atoms with Gasteiger partial charge in [-0.05, 0) is 45.2 Å². The minimum atomic E-state index is -0.165. The van der Waals surface area contributed by atoms with Gasteiger partial charge in [-0.2, -0.15) is 5.10 Å². The fraction of sp³-hybridized carbons (Fsp3) is 0.526. The number of nitrogens with zero attached hydrogens (tertiary/aromatic N) is 4. The Morgan fingerprint density at radius 2 is 2.04 bits per heavy atom. The Balaban J connectivity index is 1.84. The van der Waals surface area contributed by atoms with Crippen molar-refractivity contribution in [2.75, 3.05) is 11.4 Å². The average Bonchev–Trinajstić information content (AvgIpc) is 2.75. The molecule has 134 valence electrons. The summed E-state index contributed by atoms with van der Waals surface area (Å²) in [5.74, 6) is 0.703. The summed E-state index contributed by atoms with van der Waals surface area (Å²) in [4.78, 5) is 27.1. The average molecular weight is 342 g/mol. The number of carbonyl (C=O) groups is 1. The van der Waals surface area contributed by atoms with Gasteiger partial charge in [-0.1, -0.05) is 24.1 Å². The van der Waals surface area contributed by atoms with E-state index < -0.39 is 0 Å². The highest BCUT2D eigenvalue weighted by atomic mass is 16.2. The molecule has 6 heteroatoms. The first-order chi connectivity index (χ1) is 12.0. The lowest BCUT2D eigenvalue weighted by Gasteiger charge is -2.23. The van der Waals surface area contributed by atoms with Crippen LogP contribution in [-0.2, 0) is 24.3 Å². The van der Waals surface area contributed by atoms with Crippen LogP contribution in [0.2, 0.25) is 0 Å². The molecule has 0 atom stereocenters. The molecular weight excluding hydrogens is 316 g/mol. The van der Waals surface area contributed by atoms with Crippen molar-refractivity contribution >= 4 is 11.6 Å². The summed E-state index contributed by atoms with van der Waals surface area (Å²) in [6.45, 7) is 7.24. The van der Waals surface area contributed by atoms with Crippen molar-refractivity contribution in [2.45, 2.75) is 59.5 Å². The molecule has 1 amide bonds. The number of hydrogen-bond donors (Lipinski definition) is 0. The summed E-state index contributed by atoms with van der Waals surface area (Å²) >= 11 is 0. The van der Waals surface area contributed by atoms with E-state index in [1.807, 2.05) is 32.9 Å². The van der Waals surface area contributed by atoms with Crippen LogP contribution in [0.4, 0.5) is 5.69 Å². The predicted molar refractivity (Wildman–Crippen MR) is 98.0 cm³/mol. The third kappa shape index (κ3) is 3.52. The number of fused-ring (bicyclic) bond motifs is 1. The van der Waals surface area contributed by atoms with Gasteiger partial charge in [-0.3, -0.25) is 9.36 Å². The maximum absolute atomic E-state index is 12.8. The summed E-state index contributed by atoms with van der Waals surface area (Å²) in [6.07, 6.45) is 3.98. The highest BCUT2D eigenvalue weighted by Gasteiger charge is 2.21. The Morgan fingerprint density at radius 1 is 1.24 bits per heavy atom. The van der Waals surface area contributed by atoms with E-state index in [2.05, 4.69) is 11.2 Å². The molecule has 0 saturated carbocycles. The summed E-state index contributed by atoms with van der Waals surface area (Å²) in [5, 5.41) is 4.42. The van der Waals surface area contributed by atoms with Crippen LogP contribution in [-0.4, -0.2) is 26.8 Å². The van der Waals surface area contributed by atoms with Gasteiger partial charge in [0, 0.05) is 25.2 Å². The van der Waals surface area contributed by atoms with Gasteiger partial charge >= 0.3 is 5.69 Å². The molecule has 6 nitrogen and oxygen atoms in total. The Labute approximate surface area is 148 Å². The molecule has 0 spiro atoms. The first-order valence-corrected chi connectivity index (χ1v) is 9.05. The van der Waals surface area contributed by atoms with Gasteiger partial charge in [0.15, 0.2) is 0 Å². The van der Waals surface area contributed by atoms with E-state index >= 15 is 0 Å². The zero-order valence-corrected chi connectivity index (χ0v) is 15.3. The van der Waals surface area contributed by atoms with Gasteiger partial charge in [0.1, 0.15) is 12.4 Å². The fourth-order valence-electron chi connectivity index (χ4n) is 3.53. The maximum atomic E-state index is 12.8. The van der Waals surface area contributed by atoms with Crippen molar-refractivity contribution in [3.05, 3.63) is 45.6 Å². The largest absolute Gasteiger partial charge is 0.346 e. The first-order valence-electron chi connectivity index (χ1n) is 9.05. The summed E-state index contributed by atoms with van der Waals surface area (Å²) < 4.78 is 3.06. The van der Waals surface area contributed by atoms with Crippen LogP contribution in [0.25, 0.3) is 0 Å². The monoisotopic (exact) mass is 342 g/mol.